The van der Waals surface area contributed by atoms with Crippen LogP contribution in [0, 0.1) is 0 Å². The fourth-order valence-electron chi connectivity index (χ4n) is 3.15. The van der Waals surface area contributed by atoms with E-state index >= 15 is 0 Å². The summed E-state index contributed by atoms with van der Waals surface area (Å²) in [6.45, 7) is 17.1. The van der Waals surface area contributed by atoms with E-state index < -0.39 is 13.9 Å². The Kier molecular flexibility index (Phi) is 5.16. The number of hydrogen-bond acceptors (Lipinski definition) is 3. The number of carbonyl (C=O) groups excluding carboxylic acids is 1. The first kappa shape index (κ1) is 19.4. The van der Waals surface area contributed by atoms with Crippen LogP contribution in [0.3, 0.4) is 0 Å². The van der Waals surface area contributed by atoms with Gasteiger partial charge in [0, 0.05) is 6.04 Å². The molecule has 2 rings (SSSR count). The summed E-state index contributed by atoms with van der Waals surface area (Å²) >= 11 is 0. The van der Waals surface area contributed by atoms with Gasteiger partial charge >= 0.3 is 6.09 Å². The highest BCUT2D eigenvalue weighted by molar-refractivity contribution is 6.74. The lowest BCUT2D eigenvalue weighted by molar-refractivity contribution is 0.0148. The maximum Gasteiger partial charge on any atom is 0.411 e. The van der Waals surface area contributed by atoms with Gasteiger partial charge in [-0.05, 0) is 70.7 Å². The topological polar surface area (TPSA) is 38.8 Å². The van der Waals surface area contributed by atoms with Gasteiger partial charge < -0.3 is 9.16 Å². The minimum absolute atomic E-state index is 0.0430. The molecule has 2 bridgehead atoms. The first-order valence-corrected chi connectivity index (χ1v) is 12.1. The van der Waals surface area contributed by atoms with Gasteiger partial charge in [0.1, 0.15) is 5.60 Å². The molecule has 4 nitrogen and oxygen atoms in total. The molecule has 2 atom stereocenters. The zero-order valence-corrected chi connectivity index (χ0v) is 17.7. The minimum Gasteiger partial charge on any atom is -0.545 e. The van der Waals surface area contributed by atoms with Gasteiger partial charge in [0.25, 0.3) is 0 Å². The summed E-state index contributed by atoms with van der Waals surface area (Å²) in [4.78, 5) is 14.7. The van der Waals surface area contributed by atoms with Crippen LogP contribution in [0.1, 0.15) is 67.2 Å². The lowest BCUT2D eigenvalue weighted by atomic mass is 10.1. The van der Waals surface area contributed by atoms with Gasteiger partial charge in [-0.15, -0.1) is 0 Å². The molecule has 138 valence electrons. The van der Waals surface area contributed by atoms with Crippen LogP contribution in [-0.2, 0) is 9.16 Å². The Hall–Kier alpha value is -0.973. The molecule has 1 saturated heterocycles. The van der Waals surface area contributed by atoms with Gasteiger partial charge in [0.15, 0.2) is 0 Å². The van der Waals surface area contributed by atoms with Crippen molar-refractivity contribution < 1.29 is 14.0 Å². The Bertz CT molecular complexity index is 514. The molecule has 1 fully saturated rings. The highest BCUT2D eigenvalue weighted by Gasteiger charge is 2.46. The van der Waals surface area contributed by atoms with Gasteiger partial charge in [-0.2, -0.15) is 0 Å². The van der Waals surface area contributed by atoms with Gasteiger partial charge in [0.05, 0.1) is 11.8 Å². The van der Waals surface area contributed by atoms with E-state index in [2.05, 4.69) is 39.9 Å². The SMILES string of the molecule is CC(C)(C)OC(=O)N1C2CCC=C(O[Si](C)(C)C(C)(C)C)C1CC2. The molecule has 0 spiro atoms. The second kappa shape index (κ2) is 6.39. The van der Waals surface area contributed by atoms with Crippen molar-refractivity contribution in [2.24, 2.45) is 0 Å². The highest BCUT2D eigenvalue weighted by atomic mass is 28.4. The van der Waals surface area contributed by atoms with Gasteiger partial charge in [-0.3, -0.25) is 4.90 Å². The van der Waals surface area contributed by atoms with E-state index in [1.807, 2.05) is 25.7 Å². The van der Waals surface area contributed by atoms with Crippen LogP contribution < -0.4 is 0 Å². The van der Waals surface area contributed by atoms with E-state index in [0.29, 0.717) is 0 Å². The number of rotatable bonds is 2. The first-order chi connectivity index (χ1) is 10.8. The average Bonchev–Trinajstić information content (AvgIpc) is 2.68. The fraction of sp³-hybridized carbons (Fsp3) is 0.842. The van der Waals surface area contributed by atoms with E-state index in [4.69, 9.17) is 9.16 Å². The maximum absolute atomic E-state index is 12.8. The summed E-state index contributed by atoms with van der Waals surface area (Å²) < 4.78 is 12.3. The van der Waals surface area contributed by atoms with Crippen molar-refractivity contribution in [2.75, 3.05) is 0 Å². The van der Waals surface area contributed by atoms with Crippen LogP contribution in [0.15, 0.2) is 11.8 Å². The fourth-order valence-corrected chi connectivity index (χ4v) is 4.26. The summed E-state index contributed by atoms with van der Waals surface area (Å²) in [5, 5.41) is 0.148. The number of nitrogens with zero attached hydrogens (tertiary/aromatic N) is 1. The molecule has 2 heterocycles. The molecule has 0 N–H and O–H groups in total. The molecule has 2 unspecified atom stereocenters. The summed E-state index contributed by atoms with van der Waals surface area (Å²) in [6, 6.07) is 0.322. The molecule has 24 heavy (non-hydrogen) atoms. The first-order valence-electron chi connectivity index (χ1n) is 9.22. The van der Waals surface area contributed by atoms with Gasteiger partial charge in [0.2, 0.25) is 8.32 Å². The Labute approximate surface area is 148 Å². The zero-order valence-electron chi connectivity index (χ0n) is 16.7. The molecule has 5 heteroatoms. The van der Waals surface area contributed by atoms with Gasteiger partial charge in [-0.1, -0.05) is 20.8 Å². The zero-order chi connectivity index (χ0) is 18.3. The van der Waals surface area contributed by atoms with E-state index in [-0.39, 0.29) is 23.2 Å². The summed E-state index contributed by atoms with van der Waals surface area (Å²) in [6.07, 6.45) is 6.03. The molecule has 0 aliphatic carbocycles. The number of fused-ring (bicyclic) bond motifs is 2. The monoisotopic (exact) mass is 353 g/mol. The van der Waals surface area contributed by atoms with Crippen LogP contribution in [0.5, 0.6) is 0 Å². The third-order valence-electron chi connectivity index (χ3n) is 5.46. The summed E-state index contributed by atoms with van der Waals surface area (Å²) in [5.41, 5.74) is -0.465. The maximum atomic E-state index is 12.8. The molecule has 1 amide bonds. The van der Waals surface area contributed by atoms with E-state index in [1.165, 1.54) is 0 Å². The normalized spacial score (nSPS) is 25.2. The molecule has 2 aliphatic heterocycles. The van der Waals surface area contributed by atoms with Crippen LogP contribution in [0.2, 0.25) is 18.1 Å². The molecule has 0 radical (unpaired) electrons. The smallest absolute Gasteiger partial charge is 0.411 e. The quantitative estimate of drug-likeness (QED) is 0.619. The van der Waals surface area contributed by atoms with Crippen LogP contribution >= 0.6 is 0 Å². The number of carbonyl (C=O) groups is 1. The summed E-state index contributed by atoms with van der Waals surface area (Å²) in [7, 11) is -1.91. The second-order valence-corrected chi connectivity index (χ2v) is 14.4. The Morgan fingerprint density at radius 1 is 1.12 bits per heavy atom. The van der Waals surface area contributed by atoms with Crippen molar-refractivity contribution in [3.63, 3.8) is 0 Å². The molecular weight excluding hydrogens is 318 g/mol. The molecule has 0 aromatic heterocycles. The second-order valence-electron chi connectivity index (χ2n) is 9.68. The average molecular weight is 354 g/mol. The van der Waals surface area contributed by atoms with E-state index in [9.17, 15) is 4.79 Å². The molecule has 0 aromatic carbocycles. The number of ether oxygens (including phenoxy) is 1. The Morgan fingerprint density at radius 3 is 2.29 bits per heavy atom. The van der Waals surface area contributed by atoms with Crippen molar-refractivity contribution in [3.8, 4) is 0 Å². The highest BCUT2D eigenvalue weighted by Crippen LogP contribution is 2.42. The van der Waals surface area contributed by atoms with E-state index in [0.717, 1.165) is 31.4 Å². The molecule has 0 saturated carbocycles. The number of amides is 1. The van der Waals surface area contributed by atoms with E-state index in [1.54, 1.807) is 0 Å². The van der Waals surface area contributed by atoms with Crippen molar-refractivity contribution in [3.05, 3.63) is 11.8 Å². The third-order valence-corrected chi connectivity index (χ3v) is 9.82. The Balaban J connectivity index is 2.22. The van der Waals surface area contributed by atoms with Crippen LogP contribution in [-0.4, -0.2) is 37.0 Å². The predicted octanol–water partition coefficient (Wildman–Crippen LogP) is 5.45. The predicted molar refractivity (Wildman–Crippen MR) is 100 cm³/mol. The van der Waals surface area contributed by atoms with Crippen molar-refractivity contribution >= 4 is 14.4 Å². The van der Waals surface area contributed by atoms with Crippen molar-refractivity contribution in [2.45, 2.75) is 103 Å². The molecular formula is C19H35NO3Si. The molecule has 2 aliphatic rings. The lowest BCUT2D eigenvalue weighted by Crippen LogP contribution is -2.47. The molecule has 0 aromatic rings. The standard InChI is InChI=1S/C19H35NO3Si/c1-18(2,3)22-17(21)20-14-10-9-11-16(15(20)13-12-14)23-24(7,8)19(4,5)6/h11,14-15H,9-10,12-13H2,1-8H3. The third kappa shape index (κ3) is 4.16. The van der Waals surface area contributed by atoms with Crippen molar-refractivity contribution in [1.29, 1.82) is 0 Å². The number of hydrogen-bond donors (Lipinski definition) is 0. The van der Waals surface area contributed by atoms with Crippen LogP contribution in [0.25, 0.3) is 0 Å². The lowest BCUT2D eigenvalue weighted by Gasteiger charge is -2.40. The number of allylic oxidation sites excluding steroid dienone is 1. The largest absolute Gasteiger partial charge is 0.545 e. The van der Waals surface area contributed by atoms with Crippen molar-refractivity contribution in [1.82, 2.24) is 4.90 Å². The van der Waals surface area contributed by atoms with Gasteiger partial charge in [-0.25, -0.2) is 4.79 Å². The minimum atomic E-state index is -1.91. The summed E-state index contributed by atoms with van der Waals surface area (Å²) in [5.74, 6) is 1.01. The van der Waals surface area contributed by atoms with Crippen LogP contribution in [0.4, 0.5) is 4.79 Å². The Morgan fingerprint density at radius 2 is 1.75 bits per heavy atom.